The van der Waals surface area contributed by atoms with Gasteiger partial charge in [-0.2, -0.15) is 17.4 Å². The lowest BCUT2D eigenvalue weighted by Gasteiger charge is -2.24. The largest absolute Gasteiger partial charge is 0.317 e. The smallest absolute Gasteiger partial charge is 0.279 e. The first-order chi connectivity index (χ1) is 10.0. The molecule has 2 fully saturated rings. The van der Waals surface area contributed by atoms with Crippen molar-refractivity contribution >= 4 is 10.2 Å². The summed E-state index contributed by atoms with van der Waals surface area (Å²) >= 11 is 0. The maximum atomic E-state index is 12.4. The summed E-state index contributed by atoms with van der Waals surface area (Å²) in [5.74, 6) is 0. The van der Waals surface area contributed by atoms with Gasteiger partial charge in [-0.05, 0) is 51.7 Å². The van der Waals surface area contributed by atoms with Crippen molar-refractivity contribution in [1.82, 2.24) is 19.2 Å². The van der Waals surface area contributed by atoms with Gasteiger partial charge in [0.25, 0.3) is 10.2 Å². The van der Waals surface area contributed by atoms with Crippen LogP contribution < -0.4 is 10.0 Å². The van der Waals surface area contributed by atoms with E-state index in [4.69, 9.17) is 0 Å². The van der Waals surface area contributed by atoms with Crippen molar-refractivity contribution in [2.75, 3.05) is 39.8 Å². The maximum Gasteiger partial charge on any atom is 0.279 e. The Morgan fingerprint density at radius 1 is 1.24 bits per heavy atom. The van der Waals surface area contributed by atoms with E-state index in [0.29, 0.717) is 12.6 Å². The highest BCUT2D eigenvalue weighted by molar-refractivity contribution is 7.87. The summed E-state index contributed by atoms with van der Waals surface area (Å²) < 4.78 is 29.1. The Hall–Kier alpha value is -0.210. The molecule has 0 bridgehead atoms. The Morgan fingerprint density at radius 2 is 2.05 bits per heavy atom. The van der Waals surface area contributed by atoms with Crippen molar-refractivity contribution in [3.8, 4) is 0 Å². The van der Waals surface area contributed by atoms with Crippen LogP contribution in [0.5, 0.6) is 0 Å². The monoisotopic (exact) mass is 318 g/mol. The molecule has 6 nitrogen and oxygen atoms in total. The second kappa shape index (κ2) is 7.87. The van der Waals surface area contributed by atoms with Crippen molar-refractivity contribution in [3.63, 3.8) is 0 Å². The summed E-state index contributed by atoms with van der Waals surface area (Å²) in [4.78, 5) is 2.42. The van der Waals surface area contributed by atoms with E-state index in [1.807, 2.05) is 0 Å². The van der Waals surface area contributed by atoms with Gasteiger partial charge in [-0.25, -0.2) is 0 Å². The first-order valence-electron chi connectivity index (χ1n) is 8.23. The minimum atomic E-state index is -3.35. The van der Waals surface area contributed by atoms with Gasteiger partial charge in [0, 0.05) is 32.2 Å². The SMILES string of the molecule is CCCNCCCN(C)S(=O)(=O)NC1CCN2CCCC12. The Kier molecular flexibility index (Phi) is 6.43. The molecule has 2 N–H and O–H groups in total. The first kappa shape index (κ1) is 17.1. The summed E-state index contributed by atoms with van der Waals surface area (Å²) in [6.07, 6.45) is 5.21. The molecule has 2 atom stereocenters. The highest BCUT2D eigenvalue weighted by atomic mass is 32.2. The fourth-order valence-electron chi connectivity index (χ4n) is 3.35. The van der Waals surface area contributed by atoms with Crippen molar-refractivity contribution in [2.45, 2.75) is 51.1 Å². The Labute approximate surface area is 129 Å². The quantitative estimate of drug-likeness (QED) is 0.603. The molecule has 0 radical (unpaired) electrons. The van der Waals surface area contributed by atoms with Crippen LogP contribution in [-0.2, 0) is 10.2 Å². The highest BCUT2D eigenvalue weighted by Crippen LogP contribution is 2.28. The molecule has 21 heavy (non-hydrogen) atoms. The highest BCUT2D eigenvalue weighted by Gasteiger charge is 2.39. The molecule has 2 saturated heterocycles. The summed E-state index contributed by atoms with van der Waals surface area (Å²) in [5, 5.41) is 3.30. The van der Waals surface area contributed by atoms with Gasteiger partial charge in [0.15, 0.2) is 0 Å². The topological polar surface area (TPSA) is 64.7 Å². The van der Waals surface area contributed by atoms with Gasteiger partial charge in [0.1, 0.15) is 0 Å². The second-order valence-corrected chi connectivity index (χ2v) is 8.00. The summed E-state index contributed by atoms with van der Waals surface area (Å²) in [5.41, 5.74) is 0. The van der Waals surface area contributed by atoms with Crippen LogP contribution >= 0.6 is 0 Å². The van der Waals surface area contributed by atoms with E-state index in [2.05, 4.69) is 21.9 Å². The molecule has 0 aromatic heterocycles. The van der Waals surface area contributed by atoms with Crippen LogP contribution in [0, 0.1) is 0 Å². The standard InChI is InChI=1S/C14H30N4O2S/c1-3-8-15-9-5-10-17(2)21(19,20)16-13-7-12-18-11-4-6-14(13)18/h13-16H,3-12H2,1-2H3. The lowest BCUT2D eigenvalue weighted by atomic mass is 10.1. The van der Waals surface area contributed by atoms with Gasteiger partial charge in [0.2, 0.25) is 0 Å². The van der Waals surface area contributed by atoms with Crippen LogP contribution in [-0.4, -0.2) is 69.5 Å². The van der Waals surface area contributed by atoms with E-state index in [0.717, 1.165) is 51.9 Å². The van der Waals surface area contributed by atoms with Gasteiger partial charge in [0.05, 0.1) is 0 Å². The van der Waals surface area contributed by atoms with E-state index in [9.17, 15) is 8.42 Å². The number of hydrogen-bond donors (Lipinski definition) is 2. The fraction of sp³-hybridized carbons (Fsp3) is 1.00. The molecule has 0 aromatic carbocycles. The normalized spacial score (nSPS) is 26.6. The van der Waals surface area contributed by atoms with E-state index < -0.39 is 10.2 Å². The predicted octanol–water partition coefficient (Wildman–Crippen LogP) is 0.379. The van der Waals surface area contributed by atoms with Crippen LogP contribution in [0.2, 0.25) is 0 Å². The third-order valence-corrected chi connectivity index (χ3v) is 6.17. The van der Waals surface area contributed by atoms with Crippen LogP contribution in [0.4, 0.5) is 0 Å². The van der Waals surface area contributed by atoms with E-state index >= 15 is 0 Å². The van der Waals surface area contributed by atoms with Crippen molar-refractivity contribution in [2.24, 2.45) is 0 Å². The first-order valence-corrected chi connectivity index (χ1v) is 9.67. The van der Waals surface area contributed by atoms with Gasteiger partial charge >= 0.3 is 0 Å². The minimum Gasteiger partial charge on any atom is -0.317 e. The zero-order chi connectivity index (χ0) is 15.3. The summed E-state index contributed by atoms with van der Waals surface area (Å²) in [6, 6.07) is 0.512. The van der Waals surface area contributed by atoms with Gasteiger partial charge < -0.3 is 5.32 Å². The molecule has 124 valence electrons. The third kappa shape index (κ3) is 4.63. The predicted molar refractivity (Wildman–Crippen MR) is 85.5 cm³/mol. The van der Waals surface area contributed by atoms with Crippen molar-refractivity contribution in [1.29, 1.82) is 0 Å². The Balaban J connectivity index is 1.75. The number of hydrogen-bond acceptors (Lipinski definition) is 4. The molecule has 2 rings (SSSR count). The molecular formula is C14H30N4O2S. The molecule has 0 aliphatic carbocycles. The maximum absolute atomic E-state index is 12.4. The fourth-order valence-corrected chi connectivity index (χ4v) is 4.56. The van der Waals surface area contributed by atoms with Crippen LogP contribution in [0.25, 0.3) is 0 Å². The van der Waals surface area contributed by atoms with E-state index in [1.165, 1.54) is 10.7 Å². The Morgan fingerprint density at radius 3 is 2.81 bits per heavy atom. The van der Waals surface area contributed by atoms with Crippen LogP contribution in [0.3, 0.4) is 0 Å². The average molecular weight is 318 g/mol. The number of rotatable bonds is 9. The van der Waals surface area contributed by atoms with E-state index in [-0.39, 0.29) is 6.04 Å². The second-order valence-electron chi connectivity index (χ2n) is 6.19. The van der Waals surface area contributed by atoms with Crippen molar-refractivity contribution < 1.29 is 8.42 Å². The van der Waals surface area contributed by atoms with Gasteiger partial charge in [-0.15, -0.1) is 0 Å². The van der Waals surface area contributed by atoms with Gasteiger partial charge in [-0.3, -0.25) is 4.90 Å². The van der Waals surface area contributed by atoms with E-state index in [1.54, 1.807) is 7.05 Å². The van der Waals surface area contributed by atoms with Crippen LogP contribution in [0.15, 0.2) is 0 Å². The molecule has 2 aliphatic rings. The molecule has 0 saturated carbocycles. The average Bonchev–Trinajstić information content (AvgIpc) is 3.03. The lowest BCUT2D eigenvalue weighted by molar-refractivity contribution is 0.307. The molecule has 2 heterocycles. The molecule has 0 spiro atoms. The molecule has 2 unspecified atom stereocenters. The van der Waals surface area contributed by atoms with Crippen molar-refractivity contribution in [3.05, 3.63) is 0 Å². The minimum absolute atomic E-state index is 0.0955. The summed E-state index contributed by atoms with van der Waals surface area (Å²) in [7, 11) is -1.68. The number of fused-ring (bicyclic) bond motifs is 1. The lowest BCUT2D eigenvalue weighted by Crippen LogP contribution is -2.48. The van der Waals surface area contributed by atoms with Crippen LogP contribution in [0.1, 0.15) is 39.0 Å². The van der Waals surface area contributed by atoms with Gasteiger partial charge in [-0.1, -0.05) is 6.92 Å². The Bertz CT molecular complexity index is 415. The molecule has 2 aliphatic heterocycles. The molecule has 0 aromatic rings. The number of nitrogens with zero attached hydrogens (tertiary/aromatic N) is 2. The summed E-state index contributed by atoms with van der Waals surface area (Å²) in [6.45, 7) is 6.71. The molecule has 7 heteroatoms. The molecule has 0 amide bonds. The molecular weight excluding hydrogens is 288 g/mol. The zero-order valence-corrected chi connectivity index (χ0v) is 14.2. The number of nitrogens with one attached hydrogen (secondary N) is 2. The zero-order valence-electron chi connectivity index (χ0n) is 13.3. The third-order valence-electron chi connectivity index (χ3n) is 4.57.